The van der Waals surface area contributed by atoms with Crippen LogP contribution in [0.15, 0.2) is 48.7 Å². The van der Waals surface area contributed by atoms with Crippen molar-refractivity contribution >= 4 is 10.9 Å². The molecule has 0 fully saturated rings. The average molecular weight is 315 g/mol. The molecule has 0 aliphatic heterocycles. The SMILES string of the molecule is CC(C)(O)c1c(F)cccc1Oc1cnc2ccc(F)cc2c1. The first-order valence-corrected chi connectivity index (χ1v) is 7.09. The van der Waals surface area contributed by atoms with Crippen LogP contribution in [0.25, 0.3) is 10.9 Å². The third kappa shape index (κ3) is 3.14. The summed E-state index contributed by atoms with van der Waals surface area (Å²) in [6, 6.07) is 10.2. The number of halogens is 2. The van der Waals surface area contributed by atoms with Crippen molar-refractivity contribution in [2.24, 2.45) is 0 Å². The van der Waals surface area contributed by atoms with E-state index < -0.39 is 11.4 Å². The highest BCUT2D eigenvalue weighted by Gasteiger charge is 2.25. The van der Waals surface area contributed by atoms with E-state index in [0.29, 0.717) is 16.7 Å². The third-order valence-electron chi connectivity index (χ3n) is 3.43. The van der Waals surface area contributed by atoms with Crippen LogP contribution in [0.5, 0.6) is 11.5 Å². The molecule has 0 bridgehead atoms. The quantitative estimate of drug-likeness (QED) is 0.772. The van der Waals surface area contributed by atoms with Crippen LogP contribution >= 0.6 is 0 Å². The van der Waals surface area contributed by atoms with Crippen molar-refractivity contribution in [1.82, 2.24) is 4.98 Å². The number of rotatable bonds is 3. The molecule has 0 saturated heterocycles. The van der Waals surface area contributed by atoms with Gasteiger partial charge < -0.3 is 9.84 Å². The Balaban J connectivity index is 2.04. The van der Waals surface area contributed by atoms with E-state index in [4.69, 9.17) is 4.74 Å². The highest BCUT2D eigenvalue weighted by atomic mass is 19.1. The third-order valence-corrected chi connectivity index (χ3v) is 3.43. The molecule has 2 aromatic carbocycles. The molecule has 3 rings (SSSR count). The van der Waals surface area contributed by atoms with Crippen LogP contribution in [0.3, 0.4) is 0 Å². The normalized spacial score (nSPS) is 11.7. The molecule has 0 spiro atoms. The van der Waals surface area contributed by atoms with E-state index in [1.807, 2.05) is 0 Å². The van der Waals surface area contributed by atoms with E-state index in [0.717, 1.165) is 0 Å². The minimum atomic E-state index is -1.41. The Hall–Kier alpha value is -2.53. The van der Waals surface area contributed by atoms with Crippen molar-refractivity contribution in [3.63, 3.8) is 0 Å². The van der Waals surface area contributed by atoms with Gasteiger partial charge in [0.15, 0.2) is 0 Å². The number of hydrogen-bond donors (Lipinski definition) is 1. The second-order valence-electron chi connectivity index (χ2n) is 5.78. The zero-order chi connectivity index (χ0) is 16.6. The standard InChI is InChI=1S/C18H15F2NO2/c1-18(2,22)17-14(20)4-3-5-16(17)23-13-9-11-8-12(19)6-7-15(11)21-10-13/h3-10,22H,1-2H3. The Bertz CT molecular complexity index is 873. The maximum atomic E-state index is 14.0. The summed E-state index contributed by atoms with van der Waals surface area (Å²) >= 11 is 0. The monoisotopic (exact) mass is 315 g/mol. The van der Waals surface area contributed by atoms with Crippen molar-refractivity contribution in [3.05, 3.63) is 65.9 Å². The Morgan fingerprint density at radius 2 is 1.87 bits per heavy atom. The predicted octanol–water partition coefficient (Wildman–Crippen LogP) is 4.53. The van der Waals surface area contributed by atoms with Crippen LogP contribution in [-0.4, -0.2) is 10.1 Å². The van der Waals surface area contributed by atoms with E-state index in [1.165, 1.54) is 44.3 Å². The molecule has 3 aromatic rings. The number of hydrogen-bond acceptors (Lipinski definition) is 3. The first kappa shape index (κ1) is 15.4. The lowest BCUT2D eigenvalue weighted by Gasteiger charge is -2.22. The first-order chi connectivity index (χ1) is 10.8. The number of aliphatic hydroxyl groups is 1. The second-order valence-corrected chi connectivity index (χ2v) is 5.78. The lowest BCUT2D eigenvalue weighted by atomic mass is 9.97. The number of benzene rings is 2. The molecule has 118 valence electrons. The van der Waals surface area contributed by atoms with Crippen LogP contribution in [0.4, 0.5) is 8.78 Å². The van der Waals surface area contributed by atoms with Crippen LogP contribution in [-0.2, 0) is 5.60 Å². The van der Waals surface area contributed by atoms with Crippen molar-refractivity contribution < 1.29 is 18.6 Å². The van der Waals surface area contributed by atoms with Gasteiger partial charge in [0.25, 0.3) is 0 Å². The van der Waals surface area contributed by atoms with Gasteiger partial charge in [-0.25, -0.2) is 8.78 Å². The summed E-state index contributed by atoms with van der Waals surface area (Å²) in [5.74, 6) is -0.413. The minimum Gasteiger partial charge on any atom is -0.455 e. The highest BCUT2D eigenvalue weighted by Crippen LogP contribution is 2.35. The molecule has 1 N–H and O–H groups in total. The maximum absolute atomic E-state index is 14.0. The molecule has 1 aromatic heterocycles. The number of aromatic nitrogens is 1. The van der Waals surface area contributed by atoms with Crippen molar-refractivity contribution in [2.45, 2.75) is 19.4 Å². The van der Waals surface area contributed by atoms with Gasteiger partial charge in [0.2, 0.25) is 0 Å². The predicted molar refractivity (Wildman–Crippen MR) is 83.4 cm³/mol. The molecule has 0 atom stereocenters. The average Bonchev–Trinajstić information content (AvgIpc) is 2.45. The van der Waals surface area contributed by atoms with Crippen LogP contribution < -0.4 is 4.74 Å². The molecule has 0 unspecified atom stereocenters. The van der Waals surface area contributed by atoms with Gasteiger partial charge in [-0.1, -0.05) is 6.07 Å². The molecule has 0 radical (unpaired) electrons. The Morgan fingerprint density at radius 3 is 2.61 bits per heavy atom. The summed E-state index contributed by atoms with van der Waals surface area (Å²) in [5, 5.41) is 10.7. The summed E-state index contributed by atoms with van der Waals surface area (Å²) in [4.78, 5) is 4.18. The zero-order valence-corrected chi connectivity index (χ0v) is 12.7. The summed E-state index contributed by atoms with van der Waals surface area (Å²) in [6.07, 6.45) is 1.47. The lowest BCUT2D eigenvalue weighted by molar-refractivity contribution is 0.0721. The molecule has 5 heteroatoms. The largest absolute Gasteiger partial charge is 0.455 e. The van der Waals surface area contributed by atoms with Gasteiger partial charge in [0, 0.05) is 5.39 Å². The van der Waals surface area contributed by atoms with Crippen molar-refractivity contribution in [3.8, 4) is 11.5 Å². The van der Waals surface area contributed by atoms with Crippen molar-refractivity contribution in [2.75, 3.05) is 0 Å². The first-order valence-electron chi connectivity index (χ1n) is 7.09. The molecule has 23 heavy (non-hydrogen) atoms. The molecule has 1 heterocycles. The molecule has 0 aliphatic carbocycles. The molecule has 0 aliphatic rings. The van der Waals surface area contributed by atoms with E-state index in [2.05, 4.69) is 4.98 Å². The fraction of sp³-hybridized carbons (Fsp3) is 0.167. The highest BCUT2D eigenvalue weighted by molar-refractivity contribution is 5.79. The van der Waals surface area contributed by atoms with Crippen molar-refractivity contribution in [1.29, 1.82) is 0 Å². The maximum Gasteiger partial charge on any atom is 0.146 e. The molecular weight excluding hydrogens is 300 g/mol. The van der Waals surface area contributed by atoms with Gasteiger partial charge in [-0.2, -0.15) is 0 Å². The van der Waals surface area contributed by atoms with Gasteiger partial charge in [-0.3, -0.25) is 4.98 Å². The number of ether oxygens (including phenoxy) is 1. The van der Waals surface area contributed by atoms with E-state index in [-0.39, 0.29) is 17.1 Å². The summed E-state index contributed by atoms with van der Waals surface area (Å²) < 4.78 is 33.0. The van der Waals surface area contributed by atoms with Gasteiger partial charge in [0.05, 0.1) is 22.9 Å². The second kappa shape index (κ2) is 5.59. The van der Waals surface area contributed by atoms with Gasteiger partial charge in [-0.15, -0.1) is 0 Å². The van der Waals surface area contributed by atoms with Crippen LogP contribution in [0.2, 0.25) is 0 Å². The number of nitrogens with zero attached hydrogens (tertiary/aromatic N) is 1. The molecular formula is C18H15F2NO2. The number of pyridine rings is 1. The number of fused-ring (bicyclic) bond motifs is 1. The van der Waals surface area contributed by atoms with Crippen LogP contribution in [0, 0.1) is 11.6 Å². The summed E-state index contributed by atoms with van der Waals surface area (Å²) in [7, 11) is 0. The van der Waals surface area contributed by atoms with E-state index in [9.17, 15) is 13.9 Å². The zero-order valence-electron chi connectivity index (χ0n) is 12.7. The fourth-order valence-corrected chi connectivity index (χ4v) is 2.45. The minimum absolute atomic E-state index is 0.0549. The summed E-state index contributed by atoms with van der Waals surface area (Å²) in [5.41, 5.74) is -0.725. The van der Waals surface area contributed by atoms with E-state index in [1.54, 1.807) is 18.2 Å². The lowest BCUT2D eigenvalue weighted by Crippen LogP contribution is -2.18. The smallest absolute Gasteiger partial charge is 0.146 e. The summed E-state index contributed by atoms with van der Waals surface area (Å²) in [6.45, 7) is 2.96. The molecule has 0 amide bonds. The van der Waals surface area contributed by atoms with Gasteiger partial charge in [-0.05, 0) is 50.2 Å². The topological polar surface area (TPSA) is 42.4 Å². The van der Waals surface area contributed by atoms with E-state index >= 15 is 0 Å². The molecule has 0 saturated carbocycles. The van der Waals surface area contributed by atoms with Gasteiger partial charge in [0.1, 0.15) is 23.1 Å². The Kier molecular flexibility index (Phi) is 3.74. The fourth-order valence-electron chi connectivity index (χ4n) is 2.45. The van der Waals surface area contributed by atoms with Gasteiger partial charge >= 0.3 is 0 Å². The molecule has 3 nitrogen and oxygen atoms in total. The Labute approximate surface area is 132 Å². The Morgan fingerprint density at radius 1 is 1.09 bits per heavy atom. The van der Waals surface area contributed by atoms with Crippen LogP contribution in [0.1, 0.15) is 19.4 Å².